The molecular weight excluding hydrogens is 219 g/mol. The maximum absolute atomic E-state index is 13.3. The summed E-state index contributed by atoms with van der Waals surface area (Å²) in [4.78, 5) is 0. The van der Waals surface area contributed by atoms with Gasteiger partial charge in [-0.05, 0) is 12.1 Å². The molecule has 1 aromatic carbocycles. The monoisotopic (exact) mass is 232 g/mol. The maximum atomic E-state index is 13.3. The molecule has 78 valence electrons. The van der Waals surface area contributed by atoms with E-state index >= 15 is 0 Å². The van der Waals surface area contributed by atoms with Gasteiger partial charge in [-0.2, -0.15) is 0 Å². The summed E-state index contributed by atoms with van der Waals surface area (Å²) in [5.74, 6) is 0.320. The molecule has 0 saturated carbocycles. The highest BCUT2D eigenvalue weighted by molar-refractivity contribution is 6.90. The largest absolute Gasteiger partial charge is 0.497 e. The second-order valence-electron chi connectivity index (χ2n) is 4.19. The van der Waals surface area contributed by atoms with Gasteiger partial charge >= 0.3 is 0 Å². The zero-order valence-electron chi connectivity index (χ0n) is 8.82. The molecule has 0 amide bonds. The Labute approximate surface area is 89.9 Å². The summed E-state index contributed by atoms with van der Waals surface area (Å²) in [6.07, 6.45) is 0. The Balaban J connectivity index is 3.44. The van der Waals surface area contributed by atoms with Gasteiger partial charge in [0.05, 0.1) is 20.2 Å². The van der Waals surface area contributed by atoms with Crippen LogP contribution in [0.4, 0.5) is 4.39 Å². The van der Waals surface area contributed by atoms with Gasteiger partial charge in [0.1, 0.15) is 11.6 Å². The minimum Gasteiger partial charge on any atom is -0.497 e. The fourth-order valence-electron chi connectivity index (χ4n) is 1.40. The topological polar surface area (TPSA) is 9.23 Å². The van der Waals surface area contributed by atoms with Gasteiger partial charge in [-0.1, -0.05) is 31.2 Å². The first-order chi connectivity index (χ1) is 6.38. The van der Waals surface area contributed by atoms with E-state index in [9.17, 15) is 4.39 Å². The molecule has 0 atom stereocenters. The lowest BCUT2D eigenvalue weighted by molar-refractivity contribution is 0.417. The highest BCUT2D eigenvalue weighted by Gasteiger charge is 2.26. The van der Waals surface area contributed by atoms with Gasteiger partial charge in [-0.3, -0.25) is 0 Å². The van der Waals surface area contributed by atoms with Gasteiger partial charge in [0.15, 0.2) is 0 Å². The van der Waals surface area contributed by atoms with Crippen LogP contribution >= 0.6 is 11.6 Å². The van der Waals surface area contributed by atoms with Crippen LogP contribution in [0.25, 0.3) is 0 Å². The third kappa shape index (κ3) is 2.09. The number of halogens is 2. The van der Waals surface area contributed by atoms with E-state index in [4.69, 9.17) is 16.3 Å². The SMILES string of the molecule is COc1ccc(F)c(Cl)c1[Si](C)(C)C. The quantitative estimate of drug-likeness (QED) is 0.713. The van der Waals surface area contributed by atoms with Crippen molar-refractivity contribution in [1.82, 2.24) is 0 Å². The predicted molar refractivity (Wildman–Crippen MR) is 60.9 cm³/mol. The normalized spacial score (nSPS) is 11.6. The summed E-state index contributed by atoms with van der Waals surface area (Å²) in [6, 6.07) is 2.97. The fourth-order valence-corrected chi connectivity index (χ4v) is 4.11. The van der Waals surface area contributed by atoms with Crippen LogP contribution in [0, 0.1) is 5.82 Å². The number of rotatable bonds is 2. The molecule has 0 aliphatic carbocycles. The van der Waals surface area contributed by atoms with Crippen molar-refractivity contribution in [2.24, 2.45) is 0 Å². The lowest BCUT2D eigenvalue weighted by Crippen LogP contribution is -2.39. The molecule has 1 nitrogen and oxygen atoms in total. The van der Waals surface area contributed by atoms with Crippen LogP contribution in [0.15, 0.2) is 12.1 Å². The van der Waals surface area contributed by atoms with E-state index < -0.39 is 8.07 Å². The molecule has 14 heavy (non-hydrogen) atoms. The van der Waals surface area contributed by atoms with Crippen molar-refractivity contribution in [1.29, 1.82) is 0 Å². The minimum absolute atomic E-state index is 0.212. The first-order valence-corrected chi connectivity index (χ1v) is 8.28. The van der Waals surface area contributed by atoms with Crippen molar-refractivity contribution in [2.75, 3.05) is 7.11 Å². The molecule has 0 unspecified atom stereocenters. The average molecular weight is 233 g/mol. The number of benzene rings is 1. The minimum atomic E-state index is -1.67. The summed E-state index contributed by atoms with van der Waals surface area (Å²) in [5, 5.41) is 1.06. The summed E-state index contributed by atoms with van der Waals surface area (Å²) in [6.45, 7) is 6.32. The first kappa shape index (κ1) is 11.5. The van der Waals surface area contributed by atoms with E-state index in [0.717, 1.165) is 5.19 Å². The highest BCUT2D eigenvalue weighted by Crippen LogP contribution is 2.23. The number of ether oxygens (including phenoxy) is 1. The Morgan fingerprint density at radius 1 is 1.29 bits per heavy atom. The second-order valence-corrected chi connectivity index (χ2v) is 9.57. The molecule has 0 radical (unpaired) electrons. The molecule has 0 fully saturated rings. The molecule has 0 N–H and O–H groups in total. The van der Waals surface area contributed by atoms with E-state index in [1.807, 2.05) is 0 Å². The van der Waals surface area contributed by atoms with E-state index in [1.54, 1.807) is 13.2 Å². The molecule has 0 saturated heterocycles. The van der Waals surface area contributed by atoms with E-state index in [2.05, 4.69) is 19.6 Å². The summed E-state index contributed by atoms with van der Waals surface area (Å²) < 4.78 is 18.5. The van der Waals surface area contributed by atoms with Gasteiger partial charge in [-0.15, -0.1) is 0 Å². The molecule has 1 rings (SSSR count). The van der Waals surface area contributed by atoms with Gasteiger partial charge in [0, 0.05) is 5.19 Å². The lowest BCUT2D eigenvalue weighted by atomic mass is 10.3. The number of methoxy groups -OCH3 is 1. The van der Waals surface area contributed by atoms with Crippen molar-refractivity contribution in [2.45, 2.75) is 19.6 Å². The summed E-state index contributed by atoms with van der Waals surface area (Å²) in [7, 11) is -0.0951. The van der Waals surface area contributed by atoms with Gasteiger partial charge in [0.2, 0.25) is 0 Å². The van der Waals surface area contributed by atoms with Crippen LogP contribution in [0.2, 0.25) is 24.7 Å². The van der Waals surface area contributed by atoms with Crippen molar-refractivity contribution in [3.05, 3.63) is 23.0 Å². The molecule has 1 aromatic rings. The van der Waals surface area contributed by atoms with E-state index in [-0.39, 0.29) is 10.8 Å². The Kier molecular flexibility index (Phi) is 3.22. The van der Waals surface area contributed by atoms with Crippen molar-refractivity contribution in [3.8, 4) is 5.75 Å². The third-order valence-electron chi connectivity index (χ3n) is 2.03. The molecule has 0 heterocycles. The second kappa shape index (κ2) is 3.91. The predicted octanol–water partition coefficient (Wildman–Crippen LogP) is 3.03. The van der Waals surface area contributed by atoms with Crippen LogP contribution in [0.5, 0.6) is 5.75 Å². The van der Waals surface area contributed by atoms with Crippen molar-refractivity contribution in [3.63, 3.8) is 0 Å². The molecule has 0 bridgehead atoms. The Morgan fingerprint density at radius 2 is 1.86 bits per heavy atom. The standard InChI is InChI=1S/C10H14ClFOSi/c1-13-8-6-5-7(12)9(11)10(8)14(2,3)4/h5-6H,1-4H3. The van der Waals surface area contributed by atoms with Gasteiger partial charge in [-0.25, -0.2) is 4.39 Å². The van der Waals surface area contributed by atoms with Crippen LogP contribution < -0.4 is 9.92 Å². The van der Waals surface area contributed by atoms with Crippen molar-refractivity contribution < 1.29 is 9.13 Å². The van der Waals surface area contributed by atoms with Gasteiger partial charge < -0.3 is 4.74 Å². The molecule has 0 aromatic heterocycles. The first-order valence-electron chi connectivity index (χ1n) is 4.40. The molecule has 0 spiro atoms. The number of hydrogen-bond acceptors (Lipinski definition) is 1. The van der Waals surface area contributed by atoms with E-state index in [0.29, 0.717) is 5.75 Å². The highest BCUT2D eigenvalue weighted by atomic mass is 35.5. The maximum Gasteiger partial charge on any atom is 0.141 e. The fraction of sp³-hybridized carbons (Fsp3) is 0.400. The van der Waals surface area contributed by atoms with Crippen LogP contribution in [-0.4, -0.2) is 15.2 Å². The van der Waals surface area contributed by atoms with Crippen LogP contribution in [0.1, 0.15) is 0 Å². The Bertz CT molecular complexity index is 347. The van der Waals surface area contributed by atoms with Crippen molar-refractivity contribution >= 4 is 24.9 Å². The summed E-state index contributed by atoms with van der Waals surface area (Å²) in [5.41, 5.74) is 0. The molecule has 0 aliphatic heterocycles. The van der Waals surface area contributed by atoms with Crippen LogP contribution in [0.3, 0.4) is 0 Å². The lowest BCUT2D eigenvalue weighted by Gasteiger charge is -2.21. The third-order valence-corrected chi connectivity index (χ3v) is 4.55. The zero-order chi connectivity index (χ0) is 10.9. The molecule has 4 heteroatoms. The number of hydrogen-bond donors (Lipinski definition) is 0. The zero-order valence-corrected chi connectivity index (χ0v) is 10.6. The molecule has 0 aliphatic rings. The molecular formula is C10H14ClFOSi. The van der Waals surface area contributed by atoms with E-state index in [1.165, 1.54) is 6.07 Å². The summed E-state index contributed by atoms with van der Waals surface area (Å²) >= 11 is 5.94. The Morgan fingerprint density at radius 3 is 2.29 bits per heavy atom. The Hall–Kier alpha value is -0.543. The average Bonchev–Trinajstić information content (AvgIpc) is 2.07. The van der Waals surface area contributed by atoms with Gasteiger partial charge in [0.25, 0.3) is 0 Å². The smallest absolute Gasteiger partial charge is 0.141 e. The van der Waals surface area contributed by atoms with Crippen LogP contribution in [-0.2, 0) is 0 Å².